The largest absolute Gasteiger partial charge is 0.333 e. The van der Waals surface area contributed by atoms with Crippen LogP contribution in [0, 0.1) is 17.0 Å². The Labute approximate surface area is 111 Å². The summed E-state index contributed by atoms with van der Waals surface area (Å²) >= 11 is 0. The van der Waals surface area contributed by atoms with Crippen LogP contribution in [0.15, 0.2) is 29.0 Å². The van der Waals surface area contributed by atoms with Gasteiger partial charge < -0.3 is 4.52 Å². The van der Waals surface area contributed by atoms with Gasteiger partial charge in [0.05, 0.1) is 4.92 Å². The van der Waals surface area contributed by atoms with E-state index >= 15 is 0 Å². The topological polar surface area (TPSA) is 124 Å². The van der Waals surface area contributed by atoms with Crippen LogP contribution in [0.4, 0.5) is 5.69 Å². The highest BCUT2D eigenvalue weighted by Crippen LogP contribution is 2.26. The Morgan fingerprint density at radius 2 is 2.25 bits per heavy atom. The number of aromatic nitrogens is 5. The highest BCUT2D eigenvalue weighted by Gasteiger charge is 2.17. The van der Waals surface area contributed by atoms with Crippen molar-refractivity contribution in [3.05, 3.63) is 40.2 Å². The Hall–Kier alpha value is -3.10. The first kappa shape index (κ1) is 12.0. The van der Waals surface area contributed by atoms with Crippen LogP contribution in [0.25, 0.3) is 23.1 Å². The molecule has 1 N–H and O–H groups in total. The van der Waals surface area contributed by atoms with E-state index in [-0.39, 0.29) is 17.4 Å². The summed E-state index contributed by atoms with van der Waals surface area (Å²) in [6.45, 7) is 1.66. The molecule has 2 heterocycles. The number of aryl methyl sites for hydroxylation is 1. The third-order valence-corrected chi connectivity index (χ3v) is 2.71. The van der Waals surface area contributed by atoms with Crippen molar-refractivity contribution in [2.45, 2.75) is 6.92 Å². The fraction of sp³-hybridized carbons (Fsp3) is 0.0909. The fourth-order valence-electron chi connectivity index (χ4n) is 1.69. The number of aromatic amines is 1. The molecule has 0 radical (unpaired) electrons. The molecule has 0 saturated heterocycles. The van der Waals surface area contributed by atoms with Crippen molar-refractivity contribution < 1.29 is 9.45 Å². The second-order valence-electron chi connectivity index (χ2n) is 4.02. The van der Waals surface area contributed by atoms with E-state index in [1.165, 1.54) is 12.4 Å². The average molecular weight is 272 g/mol. The molecule has 0 bridgehead atoms. The number of nitro benzene ring substituents is 1. The Bertz CT molecular complexity index is 764. The minimum absolute atomic E-state index is 0.00177. The van der Waals surface area contributed by atoms with Gasteiger partial charge in [0, 0.05) is 17.2 Å². The van der Waals surface area contributed by atoms with Gasteiger partial charge in [-0.2, -0.15) is 10.1 Å². The number of nitrogens with zero attached hydrogens (tertiary/aromatic N) is 5. The number of H-pyrrole nitrogens is 1. The maximum atomic E-state index is 10.9. The van der Waals surface area contributed by atoms with Crippen molar-refractivity contribution in [2.24, 2.45) is 0 Å². The summed E-state index contributed by atoms with van der Waals surface area (Å²) in [6, 6.07) is 4.71. The normalized spacial score (nSPS) is 10.7. The number of nitrogens with one attached hydrogen (secondary N) is 1. The Morgan fingerprint density at radius 1 is 1.40 bits per heavy atom. The molecule has 9 nitrogen and oxygen atoms in total. The van der Waals surface area contributed by atoms with E-state index in [4.69, 9.17) is 4.52 Å². The summed E-state index contributed by atoms with van der Waals surface area (Å²) in [6.07, 6.45) is 1.32. The smallest absolute Gasteiger partial charge is 0.273 e. The third-order valence-electron chi connectivity index (χ3n) is 2.71. The van der Waals surface area contributed by atoms with E-state index < -0.39 is 4.92 Å². The van der Waals surface area contributed by atoms with Gasteiger partial charge in [0.1, 0.15) is 6.33 Å². The summed E-state index contributed by atoms with van der Waals surface area (Å²) in [5, 5.41) is 20.9. The van der Waals surface area contributed by atoms with Gasteiger partial charge in [-0.25, -0.2) is 4.98 Å². The summed E-state index contributed by atoms with van der Waals surface area (Å²) < 4.78 is 5.08. The summed E-state index contributed by atoms with van der Waals surface area (Å²) in [7, 11) is 0. The highest BCUT2D eigenvalue weighted by molar-refractivity contribution is 5.61. The first-order valence-corrected chi connectivity index (χ1v) is 5.60. The third kappa shape index (κ3) is 2.00. The van der Waals surface area contributed by atoms with Gasteiger partial charge in [-0.1, -0.05) is 11.2 Å². The van der Waals surface area contributed by atoms with E-state index in [0.29, 0.717) is 17.0 Å². The maximum Gasteiger partial charge on any atom is 0.273 e. The minimum Gasteiger partial charge on any atom is -0.333 e. The lowest BCUT2D eigenvalue weighted by Gasteiger charge is -1.98. The summed E-state index contributed by atoms with van der Waals surface area (Å²) in [4.78, 5) is 18.5. The van der Waals surface area contributed by atoms with E-state index in [0.717, 1.165) is 0 Å². The lowest BCUT2D eigenvalue weighted by atomic mass is 10.1. The molecule has 2 aromatic heterocycles. The van der Waals surface area contributed by atoms with Crippen molar-refractivity contribution in [2.75, 3.05) is 0 Å². The van der Waals surface area contributed by atoms with Crippen LogP contribution in [-0.4, -0.2) is 30.2 Å². The van der Waals surface area contributed by atoms with E-state index in [9.17, 15) is 10.1 Å². The van der Waals surface area contributed by atoms with Crippen molar-refractivity contribution in [3.63, 3.8) is 0 Å². The van der Waals surface area contributed by atoms with E-state index in [1.807, 2.05) is 0 Å². The number of hydrogen-bond donors (Lipinski definition) is 1. The Kier molecular flexibility index (Phi) is 2.71. The monoisotopic (exact) mass is 272 g/mol. The van der Waals surface area contributed by atoms with Crippen LogP contribution in [0.2, 0.25) is 0 Å². The number of rotatable bonds is 3. The van der Waals surface area contributed by atoms with Gasteiger partial charge >= 0.3 is 0 Å². The molecule has 0 atom stereocenters. The molecule has 3 rings (SSSR count). The van der Waals surface area contributed by atoms with Gasteiger partial charge in [-0.05, 0) is 13.0 Å². The van der Waals surface area contributed by atoms with Gasteiger partial charge in [-0.3, -0.25) is 15.2 Å². The van der Waals surface area contributed by atoms with Crippen LogP contribution in [0.1, 0.15) is 5.56 Å². The van der Waals surface area contributed by atoms with Gasteiger partial charge in [0.2, 0.25) is 5.82 Å². The summed E-state index contributed by atoms with van der Waals surface area (Å²) in [5.74, 6) is 0.779. The lowest BCUT2D eigenvalue weighted by molar-refractivity contribution is -0.385. The Morgan fingerprint density at radius 3 is 2.95 bits per heavy atom. The zero-order valence-electron chi connectivity index (χ0n) is 10.3. The predicted molar refractivity (Wildman–Crippen MR) is 66.5 cm³/mol. The second-order valence-corrected chi connectivity index (χ2v) is 4.02. The van der Waals surface area contributed by atoms with Crippen LogP contribution in [0.3, 0.4) is 0 Å². The van der Waals surface area contributed by atoms with Crippen LogP contribution < -0.4 is 0 Å². The second kappa shape index (κ2) is 4.53. The zero-order valence-corrected chi connectivity index (χ0v) is 10.3. The molecule has 0 aliphatic carbocycles. The molecule has 0 aliphatic heterocycles. The molecule has 0 unspecified atom stereocenters. The summed E-state index contributed by atoms with van der Waals surface area (Å²) in [5.41, 5.74) is 1.04. The lowest BCUT2D eigenvalue weighted by Crippen LogP contribution is -1.92. The number of benzene rings is 1. The molecule has 0 aliphatic rings. The number of hydrogen-bond acceptors (Lipinski definition) is 7. The van der Waals surface area contributed by atoms with Crippen molar-refractivity contribution >= 4 is 5.69 Å². The molecule has 1 aromatic carbocycles. The molecule has 0 fully saturated rings. The Balaban J connectivity index is 2.02. The first-order chi connectivity index (χ1) is 9.65. The molecule has 0 amide bonds. The van der Waals surface area contributed by atoms with Gasteiger partial charge in [-0.15, -0.1) is 0 Å². The minimum atomic E-state index is -0.452. The molecule has 3 aromatic rings. The SMILES string of the molecule is Cc1ccc(-c2nc(-c3ncn[nH]3)no2)cc1[N+](=O)[O-]. The quantitative estimate of drug-likeness (QED) is 0.568. The first-order valence-electron chi connectivity index (χ1n) is 5.60. The fourth-order valence-corrected chi connectivity index (χ4v) is 1.69. The molecular formula is C11H8N6O3. The van der Waals surface area contributed by atoms with E-state index in [1.54, 1.807) is 19.1 Å². The standard InChI is InChI=1S/C11H8N6O3/c1-6-2-3-7(4-8(6)17(18)19)11-14-10(16-20-11)9-12-5-13-15-9/h2-5H,1H3,(H,12,13,15). The maximum absolute atomic E-state index is 10.9. The highest BCUT2D eigenvalue weighted by atomic mass is 16.6. The molecular weight excluding hydrogens is 264 g/mol. The van der Waals surface area contributed by atoms with Gasteiger partial charge in [0.15, 0.2) is 5.82 Å². The van der Waals surface area contributed by atoms with Gasteiger partial charge in [0.25, 0.3) is 11.6 Å². The number of nitro groups is 1. The predicted octanol–water partition coefficient (Wildman–Crippen LogP) is 1.74. The van der Waals surface area contributed by atoms with Crippen LogP contribution in [-0.2, 0) is 0 Å². The molecule has 0 spiro atoms. The molecule has 20 heavy (non-hydrogen) atoms. The molecule has 0 saturated carbocycles. The zero-order chi connectivity index (χ0) is 14.1. The molecule has 100 valence electrons. The van der Waals surface area contributed by atoms with Crippen molar-refractivity contribution in [1.29, 1.82) is 0 Å². The average Bonchev–Trinajstić information content (AvgIpc) is 3.09. The molecule has 9 heteroatoms. The van der Waals surface area contributed by atoms with Crippen LogP contribution in [0.5, 0.6) is 0 Å². The van der Waals surface area contributed by atoms with E-state index in [2.05, 4.69) is 25.3 Å². The van der Waals surface area contributed by atoms with Crippen molar-refractivity contribution in [3.8, 4) is 23.1 Å². The van der Waals surface area contributed by atoms with Crippen LogP contribution >= 0.6 is 0 Å². The van der Waals surface area contributed by atoms with Crippen molar-refractivity contribution in [1.82, 2.24) is 25.3 Å².